The van der Waals surface area contributed by atoms with Gasteiger partial charge in [0.2, 0.25) is 5.91 Å². The highest BCUT2D eigenvalue weighted by Crippen LogP contribution is 2.05. The Morgan fingerprint density at radius 2 is 1.48 bits per heavy atom. The number of amides is 1. The van der Waals surface area contributed by atoms with Gasteiger partial charge >= 0.3 is 0 Å². The van der Waals surface area contributed by atoms with Crippen LogP contribution in [0, 0.1) is 12.8 Å². The summed E-state index contributed by atoms with van der Waals surface area (Å²) in [6.07, 6.45) is 7.79. The van der Waals surface area contributed by atoms with Gasteiger partial charge < -0.3 is 9.80 Å². The molecule has 0 atom stereocenters. The van der Waals surface area contributed by atoms with E-state index in [-0.39, 0.29) is 5.91 Å². The molecular formula is C23H45N3O. The number of nitrogens with zero attached hydrogens (tertiary/aromatic N) is 3. The molecule has 0 aliphatic carbocycles. The van der Waals surface area contributed by atoms with Gasteiger partial charge in [-0.2, -0.15) is 0 Å². The number of pyridine rings is 1. The van der Waals surface area contributed by atoms with Crippen LogP contribution in [0.15, 0.2) is 24.5 Å². The van der Waals surface area contributed by atoms with Crippen molar-refractivity contribution in [1.82, 2.24) is 14.8 Å². The highest BCUT2D eigenvalue weighted by Gasteiger charge is 2.10. The van der Waals surface area contributed by atoms with Gasteiger partial charge in [-0.15, -0.1) is 0 Å². The van der Waals surface area contributed by atoms with Gasteiger partial charge in [0.05, 0.1) is 0 Å². The molecular weight excluding hydrogens is 334 g/mol. The number of carbonyl (C=O) groups excluding carboxylic acids is 1. The van der Waals surface area contributed by atoms with Gasteiger partial charge in [-0.3, -0.25) is 9.78 Å². The van der Waals surface area contributed by atoms with Crippen molar-refractivity contribution in [2.24, 2.45) is 5.92 Å². The topological polar surface area (TPSA) is 36.4 Å². The van der Waals surface area contributed by atoms with Crippen LogP contribution in [0.25, 0.3) is 0 Å². The fourth-order valence-electron chi connectivity index (χ4n) is 2.20. The Morgan fingerprint density at radius 1 is 0.963 bits per heavy atom. The number of rotatable bonds is 9. The molecule has 1 heterocycles. The zero-order valence-corrected chi connectivity index (χ0v) is 19.5. The van der Waals surface area contributed by atoms with Crippen molar-refractivity contribution in [2.75, 3.05) is 27.2 Å². The summed E-state index contributed by atoms with van der Waals surface area (Å²) in [5.74, 6) is 0.740. The minimum Gasteiger partial charge on any atom is -0.346 e. The third-order valence-corrected chi connectivity index (χ3v) is 4.24. The highest BCUT2D eigenvalue weighted by atomic mass is 16.2. The second-order valence-electron chi connectivity index (χ2n) is 7.57. The molecule has 0 saturated carbocycles. The summed E-state index contributed by atoms with van der Waals surface area (Å²) in [5.41, 5.74) is 1.26. The molecule has 0 unspecified atom stereocenters. The van der Waals surface area contributed by atoms with Gasteiger partial charge in [0.15, 0.2) is 0 Å². The quantitative estimate of drug-likeness (QED) is 0.538. The van der Waals surface area contributed by atoms with Gasteiger partial charge in [-0.25, -0.2) is 0 Å². The largest absolute Gasteiger partial charge is 0.346 e. The number of unbranched alkanes of at least 4 members (excludes halogenated alkanes) is 2. The molecule has 27 heavy (non-hydrogen) atoms. The molecule has 1 aromatic heterocycles. The Labute approximate surface area is 169 Å². The molecule has 0 aliphatic rings. The Hall–Kier alpha value is -1.42. The van der Waals surface area contributed by atoms with Gasteiger partial charge in [-0.05, 0) is 70.8 Å². The predicted octanol–water partition coefficient (Wildman–Crippen LogP) is 5.42. The summed E-state index contributed by atoms with van der Waals surface area (Å²) >= 11 is 0. The summed E-state index contributed by atoms with van der Waals surface area (Å²) in [5, 5.41) is 0. The molecule has 0 saturated heterocycles. The SMILES string of the molecule is CC.CC(C)CC(=O)N(C)CCCCCN(C)C(C)C.Cc1ccncc1. The maximum absolute atomic E-state index is 11.7. The first-order valence-corrected chi connectivity index (χ1v) is 10.5. The molecule has 1 amide bonds. The molecule has 0 aromatic carbocycles. The van der Waals surface area contributed by atoms with Crippen molar-refractivity contribution in [3.8, 4) is 0 Å². The average molecular weight is 380 g/mol. The van der Waals surface area contributed by atoms with E-state index < -0.39 is 0 Å². The zero-order chi connectivity index (χ0) is 21.2. The van der Waals surface area contributed by atoms with Crippen LogP contribution in [-0.4, -0.2) is 53.9 Å². The fourth-order valence-corrected chi connectivity index (χ4v) is 2.20. The number of hydrogen-bond acceptors (Lipinski definition) is 3. The van der Waals surface area contributed by atoms with E-state index in [1.54, 1.807) is 12.4 Å². The Balaban J connectivity index is 0. The van der Waals surface area contributed by atoms with Gasteiger partial charge in [0, 0.05) is 38.4 Å². The molecule has 0 spiro atoms. The Morgan fingerprint density at radius 3 is 1.89 bits per heavy atom. The summed E-state index contributed by atoms with van der Waals surface area (Å²) in [6, 6.07) is 4.57. The van der Waals surface area contributed by atoms with E-state index in [9.17, 15) is 4.79 Å². The maximum atomic E-state index is 11.7. The summed E-state index contributed by atoms with van der Waals surface area (Å²) in [6.45, 7) is 16.7. The van der Waals surface area contributed by atoms with E-state index in [1.165, 1.54) is 18.4 Å². The van der Waals surface area contributed by atoms with Crippen molar-refractivity contribution in [3.63, 3.8) is 0 Å². The van der Waals surface area contributed by atoms with Crippen LogP contribution < -0.4 is 0 Å². The van der Waals surface area contributed by atoms with Crippen LogP contribution in [-0.2, 0) is 4.79 Å². The highest BCUT2D eigenvalue weighted by molar-refractivity contribution is 5.75. The number of aryl methyl sites for hydroxylation is 1. The first-order valence-electron chi connectivity index (χ1n) is 10.5. The lowest BCUT2D eigenvalue weighted by molar-refractivity contribution is -0.130. The lowest BCUT2D eigenvalue weighted by Gasteiger charge is -2.21. The molecule has 0 N–H and O–H groups in total. The van der Waals surface area contributed by atoms with Crippen LogP contribution in [0.3, 0.4) is 0 Å². The molecule has 0 aliphatic heterocycles. The van der Waals surface area contributed by atoms with E-state index in [0.717, 1.165) is 19.5 Å². The molecule has 1 aromatic rings. The van der Waals surface area contributed by atoms with Crippen LogP contribution >= 0.6 is 0 Å². The predicted molar refractivity (Wildman–Crippen MR) is 119 cm³/mol. The van der Waals surface area contributed by atoms with Crippen LogP contribution in [0.1, 0.15) is 72.8 Å². The van der Waals surface area contributed by atoms with Gasteiger partial charge in [-0.1, -0.05) is 34.1 Å². The van der Waals surface area contributed by atoms with Crippen molar-refractivity contribution >= 4 is 5.91 Å². The normalized spacial score (nSPS) is 10.2. The van der Waals surface area contributed by atoms with Gasteiger partial charge in [0.1, 0.15) is 0 Å². The molecule has 0 bridgehead atoms. The Bertz CT molecular complexity index is 446. The molecule has 0 fully saturated rings. The molecule has 4 nitrogen and oxygen atoms in total. The van der Waals surface area contributed by atoms with Crippen LogP contribution in [0.5, 0.6) is 0 Å². The lowest BCUT2D eigenvalue weighted by Crippen LogP contribution is -2.29. The van der Waals surface area contributed by atoms with E-state index in [1.807, 2.05) is 44.9 Å². The first-order chi connectivity index (χ1) is 12.7. The molecule has 0 radical (unpaired) electrons. The van der Waals surface area contributed by atoms with Crippen LogP contribution in [0.2, 0.25) is 0 Å². The zero-order valence-electron chi connectivity index (χ0n) is 19.5. The number of hydrogen-bond donors (Lipinski definition) is 0. The number of carbonyl (C=O) groups is 1. The monoisotopic (exact) mass is 379 g/mol. The van der Waals surface area contributed by atoms with E-state index in [2.05, 4.69) is 44.6 Å². The van der Waals surface area contributed by atoms with Crippen molar-refractivity contribution in [2.45, 2.75) is 80.2 Å². The van der Waals surface area contributed by atoms with Crippen molar-refractivity contribution in [3.05, 3.63) is 30.1 Å². The number of aromatic nitrogens is 1. The maximum Gasteiger partial charge on any atom is 0.222 e. The van der Waals surface area contributed by atoms with Gasteiger partial charge in [0.25, 0.3) is 0 Å². The first kappa shape index (κ1) is 27.8. The molecule has 1 rings (SSSR count). The van der Waals surface area contributed by atoms with E-state index in [4.69, 9.17) is 0 Å². The minimum atomic E-state index is 0.282. The van der Waals surface area contributed by atoms with Crippen molar-refractivity contribution in [1.29, 1.82) is 0 Å². The summed E-state index contributed by atoms with van der Waals surface area (Å²) in [4.78, 5) is 19.8. The second-order valence-corrected chi connectivity index (χ2v) is 7.57. The summed E-state index contributed by atoms with van der Waals surface area (Å²) in [7, 11) is 4.09. The summed E-state index contributed by atoms with van der Waals surface area (Å²) < 4.78 is 0. The Kier molecular flexibility index (Phi) is 18.5. The molecule has 4 heteroatoms. The third kappa shape index (κ3) is 17.7. The van der Waals surface area contributed by atoms with Crippen LogP contribution in [0.4, 0.5) is 0 Å². The van der Waals surface area contributed by atoms with Crippen molar-refractivity contribution < 1.29 is 4.79 Å². The average Bonchev–Trinajstić information content (AvgIpc) is 2.63. The smallest absolute Gasteiger partial charge is 0.222 e. The van der Waals surface area contributed by atoms with E-state index in [0.29, 0.717) is 18.4 Å². The minimum absolute atomic E-state index is 0.282. The fraction of sp³-hybridized carbons (Fsp3) is 0.739. The molecule has 158 valence electrons. The second kappa shape index (κ2) is 18.0. The lowest BCUT2D eigenvalue weighted by atomic mass is 10.1. The standard InChI is InChI=1S/C15H32N2O.C6H7N.C2H6/c1-13(2)12-15(18)17(6)11-9-7-8-10-16(5)14(3)4;1-6-2-4-7-5-3-6;1-2/h13-14H,7-12H2,1-6H3;2-5H,1H3;1-2H3. The third-order valence-electron chi connectivity index (χ3n) is 4.24. The van der Waals surface area contributed by atoms with E-state index >= 15 is 0 Å².